The first kappa shape index (κ1) is 25.4. The number of fused-ring (bicyclic) bond motifs is 1. The molecule has 10 heteroatoms. The number of urea groups is 1. The fourth-order valence-corrected chi connectivity index (χ4v) is 5.09. The van der Waals surface area contributed by atoms with Crippen LogP contribution >= 0.6 is 22.9 Å². The number of halogens is 1. The minimum absolute atomic E-state index is 0.150. The average Bonchev–Trinajstić information content (AvgIpc) is 3.46. The number of amides is 2. The van der Waals surface area contributed by atoms with Gasteiger partial charge in [-0.25, -0.2) is 19.4 Å². The number of aromatic nitrogens is 1. The first-order chi connectivity index (χ1) is 18.4. The second kappa shape index (κ2) is 11.0. The van der Waals surface area contributed by atoms with Crippen molar-refractivity contribution >= 4 is 51.8 Å². The van der Waals surface area contributed by atoms with Crippen molar-refractivity contribution in [3.05, 3.63) is 98.8 Å². The summed E-state index contributed by atoms with van der Waals surface area (Å²) >= 11 is 7.42. The number of esters is 2. The van der Waals surface area contributed by atoms with Gasteiger partial charge in [0.1, 0.15) is 6.61 Å². The Morgan fingerprint density at radius 3 is 2.55 bits per heavy atom. The summed E-state index contributed by atoms with van der Waals surface area (Å²) in [4.78, 5) is 44.2. The molecule has 2 amide bonds. The zero-order valence-electron chi connectivity index (χ0n) is 20.2. The van der Waals surface area contributed by atoms with E-state index < -0.39 is 24.0 Å². The van der Waals surface area contributed by atoms with E-state index in [1.54, 1.807) is 31.2 Å². The second-order valence-corrected chi connectivity index (χ2v) is 9.73. The second-order valence-electron chi connectivity index (χ2n) is 8.31. The molecule has 0 aliphatic carbocycles. The highest BCUT2D eigenvalue weighted by molar-refractivity contribution is 7.10. The lowest BCUT2D eigenvalue weighted by molar-refractivity contribution is -0.139. The predicted molar refractivity (Wildman–Crippen MR) is 145 cm³/mol. The van der Waals surface area contributed by atoms with E-state index in [0.717, 1.165) is 10.4 Å². The molecular weight excluding hydrogens is 526 g/mol. The van der Waals surface area contributed by atoms with Crippen LogP contribution in [0.3, 0.4) is 0 Å². The first-order valence-electron chi connectivity index (χ1n) is 11.8. The van der Waals surface area contributed by atoms with Crippen molar-refractivity contribution in [2.24, 2.45) is 0 Å². The highest BCUT2D eigenvalue weighted by Gasteiger charge is 2.35. The van der Waals surface area contributed by atoms with Crippen LogP contribution in [0.4, 0.5) is 4.79 Å². The van der Waals surface area contributed by atoms with Gasteiger partial charge >= 0.3 is 18.0 Å². The van der Waals surface area contributed by atoms with E-state index in [-0.39, 0.29) is 24.5 Å². The van der Waals surface area contributed by atoms with Gasteiger partial charge < -0.3 is 20.1 Å². The largest absolute Gasteiger partial charge is 0.463 e. The Morgan fingerprint density at radius 2 is 1.82 bits per heavy atom. The molecule has 2 N–H and O–H groups in total. The Kier molecular flexibility index (Phi) is 7.39. The molecule has 0 fully saturated rings. The van der Waals surface area contributed by atoms with Crippen molar-refractivity contribution in [3.8, 4) is 11.3 Å². The lowest BCUT2D eigenvalue weighted by atomic mass is 10.0. The molecule has 38 heavy (non-hydrogen) atoms. The van der Waals surface area contributed by atoms with E-state index >= 15 is 0 Å². The number of pyridine rings is 1. The fourth-order valence-electron chi connectivity index (χ4n) is 4.18. The van der Waals surface area contributed by atoms with Crippen LogP contribution in [0.5, 0.6) is 0 Å². The van der Waals surface area contributed by atoms with E-state index in [2.05, 4.69) is 15.6 Å². The Morgan fingerprint density at radius 1 is 1.03 bits per heavy atom. The minimum atomic E-state index is -0.727. The number of thiophene rings is 1. The Labute approximate surface area is 227 Å². The molecule has 192 valence electrons. The van der Waals surface area contributed by atoms with Gasteiger partial charge in [0, 0.05) is 20.8 Å². The van der Waals surface area contributed by atoms with Crippen molar-refractivity contribution in [2.75, 3.05) is 13.2 Å². The molecule has 0 saturated heterocycles. The van der Waals surface area contributed by atoms with Gasteiger partial charge in [-0.05, 0) is 42.6 Å². The SMILES string of the molecule is CCOC(=O)C1=C(COC(=O)c2cc(-c3ccc(Cl)cc3)nc3ccccc23)NC(=O)N[C@@H]1c1cccs1. The zero-order valence-corrected chi connectivity index (χ0v) is 21.8. The normalized spacial score (nSPS) is 15.1. The zero-order chi connectivity index (χ0) is 26.6. The van der Waals surface area contributed by atoms with Gasteiger partial charge in [0.25, 0.3) is 0 Å². The quantitative estimate of drug-likeness (QED) is 0.290. The predicted octanol–water partition coefficient (Wildman–Crippen LogP) is 5.64. The maximum Gasteiger partial charge on any atom is 0.339 e. The molecule has 0 saturated carbocycles. The monoisotopic (exact) mass is 547 g/mol. The topological polar surface area (TPSA) is 107 Å². The van der Waals surface area contributed by atoms with E-state index in [4.69, 9.17) is 21.1 Å². The standard InChI is InChI=1S/C28H22ClN3O5S/c1-2-36-27(34)24-22(31-28(35)32-25(24)23-8-5-13-38-23)15-37-26(33)19-14-21(16-9-11-17(29)12-10-16)30-20-7-4-3-6-18(19)20/h3-14,25H,2,15H2,1H3,(H2,31,32,35)/t25-/m1/s1. The molecule has 0 bridgehead atoms. The summed E-state index contributed by atoms with van der Waals surface area (Å²) in [6, 6.07) is 18.4. The van der Waals surface area contributed by atoms with Crippen LogP contribution in [0.15, 0.2) is 83.4 Å². The van der Waals surface area contributed by atoms with Crippen LogP contribution in [0, 0.1) is 0 Å². The number of para-hydroxylation sites is 1. The average molecular weight is 548 g/mol. The molecule has 1 atom stereocenters. The number of nitrogens with one attached hydrogen (secondary N) is 2. The van der Waals surface area contributed by atoms with Crippen molar-refractivity contribution in [2.45, 2.75) is 13.0 Å². The van der Waals surface area contributed by atoms with E-state index in [9.17, 15) is 14.4 Å². The molecule has 0 unspecified atom stereocenters. The van der Waals surface area contributed by atoms with Gasteiger partial charge in [-0.3, -0.25) is 0 Å². The number of benzene rings is 2. The summed E-state index contributed by atoms with van der Waals surface area (Å²) in [5.74, 6) is -1.24. The van der Waals surface area contributed by atoms with Crippen LogP contribution in [-0.2, 0) is 14.3 Å². The van der Waals surface area contributed by atoms with Gasteiger partial charge in [-0.2, -0.15) is 0 Å². The van der Waals surface area contributed by atoms with E-state index in [1.165, 1.54) is 11.3 Å². The summed E-state index contributed by atoms with van der Waals surface area (Å²) in [6.45, 7) is 1.51. The highest BCUT2D eigenvalue weighted by atomic mass is 35.5. The van der Waals surface area contributed by atoms with E-state index in [0.29, 0.717) is 27.2 Å². The molecule has 0 radical (unpaired) electrons. The molecule has 5 rings (SSSR count). The van der Waals surface area contributed by atoms with Crippen molar-refractivity contribution in [1.82, 2.24) is 15.6 Å². The van der Waals surface area contributed by atoms with Crippen molar-refractivity contribution in [3.63, 3.8) is 0 Å². The fraction of sp³-hybridized carbons (Fsp3) is 0.143. The number of carbonyl (C=O) groups excluding carboxylic acids is 3. The van der Waals surface area contributed by atoms with Crippen LogP contribution < -0.4 is 10.6 Å². The lowest BCUT2D eigenvalue weighted by Crippen LogP contribution is -2.46. The number of nitrogens with zero attached hydrogens (tertiary/aromatic N) is 1. The molecule has 0 spiro atoms. The Hall–Kier alpha value is -4.21. The number of hydrogen-bond acceptors (Lipinski definition) is 7. The van der Waals surface area contributed by atoms with Crippen LogP contribution in [0.2, 0.25) is 5.02 Å². The molecule has 1 aliphatic heterocycles. The molecule has 1 aliphatic rings. The third-order valence-corrected chi connectivity index (χ3v) is 7.09. The Bertz CT molecular complexity index is 1550. The molecular formula is C28H22ClN3O5S. The maximum atomic E-state index is 13.4. The van der Waals surface area contributed by atoms with Gasteiger partial charge in [0.15, 0.2) is 0 Å². The lowest BCUT2D eigenvalue weighted by Gasteiger charge is -2.28. The summed E-state index contributed by atoms with van der Waals surface area (Å²) in [5.41, 5.74) is 2.62. The summed E-state index contributed by atoms with van der Waals surface area (Å²) in [6.07, 6.45) is 0. The van der Waals surface area contributed by atoms with Gasteiger partial charge in [-0.15, -0.1) is 11.3 Å². The summed E-state index contributed by atoms with van der Waals surface area (Å²) in [5, 5.41) is 8.42. The third-order valence-electron chi connectivity index (χ3n) is 5.90. The number of hydrogen-bond donors (Lipinski definition) is 2. The van der Waals surface area contributed by atoms with Crippen LogP contribution in [0.1, 0.15) is 28.2 Å². The summed E-state index contributed by atoms with van der Waals surface area (Å²) in [7, 11) is 0. The molecule has 4 aromatic rings. The van der Waals surface area contributed by atoms with Crippen LogP contribution in [-0.4, -0.2) is 36.2 Å². The van der Waals surface area contributed by atoms with Gasteiger partial charge in [0.2, 0.25) is 0 Å². The van der Waals surface area contributed by atoms with Crippen LogP contribution in [0.25, 0.3) is 22.2 Å². The highest BCUT2D eigenvalue weighted by Crippen LogP contribution is 2.31. The number of carbonyl (C=O) groups is 3. The number of rotatable bonds is 7. The smallest absolute Gasteiger partial charge is 0.339 e. The molecule has 3 heterocycles. The Balaban J connectivity index is 1.49. The number of ether oxygens (including phenoxy) is 2. The first-order valence-corrected chi connectivity index (χ1v) is 13.0. The van der Waals surface area contributed by atoms with Crippen molar-refractivity contribution < 1.29 is 23.9 Å². The van der Waals surface area contributed by atoms with Gasteiger partial charge in [0.05, 0.1) is 40.7 Å². The summed E-state index contributed by atoms with van der Waals surface area (Å²) < 4.78 is 10.9. The van der Waals surface area contributed by atoms with E-state index in [1.807, 2.05) is 47.8 Å². The molecule has 2 aromatic heterocycles. The van der Waals surface area contributed by atoms with Gasteiger partial charge in [-0.1, -0.05) is 48.0 Å². The molecule has 8 nitrogen and oxygen atoms in total. The maximum absolute atomic E-state index is 13.4. The molecule has 2 aromatic carbocycles. The minimum Gasteiger partial charge on any atom is -0.463 e. The third kappa shape index (κ3) is 5.25. The van der Waals surface area contributed by atoms with Crippen molar-refractivity contribution in [1.29, 1.82) is 0 Å².